The molecule has 0 aliphatic heterocycles. The van der Waals surface area contributed by atoms with Crippen molar-refractivity contribution >= 4 is 48.5 Å². The summed E-state index contributed by atoms with van der Waals surface area (Å²) >= 11 is 6.94. The van der Waals surface area contributed by atoms with E-state index in [0.29, 0.717) is 6.61 Å². The van der Waals surface area contributed by atoms with Gasteiger partial charge in [0, 0.05) is 21.4 Å². The molecule has 0 radical (unpaired) electrons. The monoisotopic (exact) mass is 359 g/mol. The smallest absolute Gasteiger partial charge is 0.0885 e. The van der Waals surface area contributed by atoms with Crippen LogP contribution in [0.3, 0.4) is 0 Å². The average molecular weight is 361 g/mol. The molecule has 0 atom stereocenters. The maximum Gasteiger partial charge on any atom is 0.0885 e. The van der Waals surface area contributed by atoms with E-state index in [0.717, 1.165) is 31.2 Å². The van der Waals surface area contributed by atoms with Gasteiger partial charge in [-0.15, -0.1) is 0 Å². The first-order chi connectivity index (χ1) is 8.15. The highest BCUT2D eigenvalue weighted by molar-refractivity contribution is 9.11. The predicted molar refractivity (Wildman–Crippen MR) is 75.7 cm³/mol. The minimum absolute atomic E-state index is 0.452. The first kappa shape index (κ1) is 12.8. The van der Waals surface area contributed by atoms with Crippen molar-refractivity contribution in [1.82, 2.24) is 4.98 Å². The molecule has 90 valence electrons. The first-order valence-electron chi connectivity index (χ1n) is 4.90. The van der Waals surface area contributed by atoms with E-state index in [4.69, 9.17) is 10.6 Å². The van der Waals surface area contributed by atoms with Crippen molar-refractivity contribution in [2.75, 3.05) is 12.5 Å². The Labute approximate surface area is 116 Å². The van der Waals surface area contributed by atoms with Crippen LogP contribution in [0.2, 0.25) is 0 Å². The third kappa shape index (κ3) is 2.60. The zero-order chi connectivity index (χ0) is 12.4. The fourth-order valence-electron chi connectivity index (χ4n) is 1.65. The molecule has 0 saturated heterocycles. The summed E-state index contributed by atoms with van der Waals surface area (Å²) in [5, 5.41) is 0.952. The summed E-state index contributed by atoms with van der Waals surface area (Å²) in [6, 6.07) is 5.80. The number of halogens is 2. The van der Waals surface area contributed by atoms with Gasteiger partial charge in [-0.3, -0.25) is 5.84 Å². The molecule has 0 aliphatic carbocycles. The zero-order valence-corrected chi connectivity index (χ0v) is 12.3. The lowest BCUT2D eigenvalue weighted by Gasteiger charge is -2.10. The molecular weight excluding hydrogens is 350 g/mol. The van der Waals surface area contributed by atoms with Crippen LogP contribution in [0.5, 0.6) is 0 Å². The van der Waals surface area contributed by atoms with E-state index in [1.54, 1.807) is 7.11 Å². The van der Waals surface area contributed by atoms with Gasteiger partial charge >= 0.3 is 0 Å². The van der Waals surface area contributed by atoms with Gasteiger partial charge in [0.1, 0.15) is 0 Å². The van der Waals surface area contributed by atoms with Crippen LogP contribution in [0, 0.1) is 0 Å². The molecule has 3 N–H and O–H groups in total. The molecular formula is C11H11Br2N3O. The van der Waals surface area contributed by atoms with Crippen molar-refractivity contribution in [2.24, 2.45) is 5.84 Å². The third-order valence-electron chi connectivity index (χ3n) is 2.33. The third-order valence-corrected chi connectivity index (χ3v) is 3.39. The van der Waals surface area contributed by atoms with Crippen molar-refractivity contribution in [1.29, 1.82) is 0 Å². The molecule has 0 amide bonds. The van der Waals surface area contributed by atoms with E-state index in [1.807, 2.05) is 18.2 Å². The molecule has 17 heavy (non-hydrogen) atoms. The molecule has 0 spiro atoms. The Morgan fingerprint density at radius 3 is 2.76 bits per heavy atom. The summed E-state index contributed by atoms with van der Waals surface area (Å²) in [4.78, 5) is 4.53. The Balaban J connectivity index is 2.73. The lowest BCUT2D eigenvalue weighted by atomic mass is 10.1. The molecule has 1 heterocycles. The predicted octanol–water partition coefficient (Wildman–Crippen LogP) is 3.19. The van der Waals surface area contributed by atoms with Crippen LogP contribution < -0.4 is 11.3 Å². The number of fused-ring (bicyclic) bond motifs is 1. The number of anilines is 1. The number of hydrogen-bond donors (Lipinski definition) is 2. The fourth-order valence-corrected chi connectivity index (χ4v) is 2.96. The van der Waals surface area contributed by atoms with Gasteiger partial charge in [0.15, 0.2) is 0 Å². The number of nitrogens with zero attached hydrogens (tertiary/aromatic N) is 1. The Morgan fingerprint density at radius 1 is 1.35 bits per heavy atom. The van der Waals surface area contributed by atoms with Crippen LogP contribution >= 0.6 is 31.9 Å². The van der Waals surface area contributed by atoms with Crippen LogP contribution in [0.25, 0.3) is 10.9 Å². The molecule has 2 rings (SSSR count). The molecule has 0 saturated carbocycles. The topological polar surface area (TPSA) is 60.2 Å². The van der Waals surface area contributed by atoms with Gasteiger partial charge in [-0.25, -0.2) is 4.98 Å². The number of benzene rings is 1. The van der Waals surface area contributed by atoms with E-state index < -0.39 is 0 Å². The summed E-state index contributed by atoms with van der Waals surface area (Å²) in [6.45, 7) is 0.452. The second kappa shape index (κ2) is 5.30. The quantitative estimate of drug-likeness (QED) is 0.651. The number of hydrogen-bond acceptors (Lipinski definition) is 4. The minimum atomic E-state index is 0.452. The Bertz CT molecular complexity index is 560. The lowest BCUT2D eigenvalue weighted by Crippen LogP contribution is -2.08. The second-order valence-electron chi connectivity index (χ2n) is 3.52. The zero-order valence-electron chi connectivity index (χ0n) is 9.13. The molecule has 0 bridgehead atoms. The molecule has 2 aromatic rings. The molecule has 1 aromatic carbocycles. The van der Waals surface area contributed by atoms with E-state index in [1.165, 1.54) is 0 Å². The van der Waals surface area contributed by atoms with Gasteiger partial charge in [-0.05, 0) is 34.1 Å². The van der Waals surface area contributed by atoms with Gasteiger partial charge in [0.25, 0.3) is 0 Å². The number of hydrazine groups is 1. The van der Waals surface area contributed by atoms with Gasteiger partial charge in [0.05, 0.1) is 23.5 Å². The number of methoxy groups -OCH3 is 1. The molecule has 1 aromatic heterocycles. The minimum Gasteiger partial charge on any atom is -0.378 e. The Kier molecular flexibility index (Phi) is 3.98. The van der Waals surface area contributed by atoms with Crippen LogP contribution in [0.15, 0.2) is 27.1 Å². The highest BCUT2D eigenvalue weighted by Gasteiger charge is 2.09. The summed E-state index contributed by atoms with van der Waals surface area (Å²) in [6.07, 6.45) is 0. The van der Waals surface area contributed by atoms with Crippen LogP contribution in [0.4, 0.5) is 5.69 Å². The van der Waals surface area contributed by atoms with E-state index in [2.05, 4.69) is 42.3 Å². The number of rotatable bonds is 3. The summed E-state index contributed by atoms with van der Waals surface area (Å²) in [5.41, 5.74) is 5.20. The largest absolute Gasteiger partial charge is 0.378 e. The number of ether oxygens (including phenoxy) is 1. The van der Waals surface area contributed by atoms with Crippen molar-refractivity contribution in [3.8, 4) is 0 Å². The molecule has 6 heteroatoms. The Morgan fingerprint density at radius 2 is 2.12 bits per heavy atom. The Hall–Kier alpha value is -0.690. The van der Waals surface area contributed by atoms with Gasteiger partial charge in [0.2, 0.25) is 0 Å². The summed E-state index contributed by atoms with van der Waals surface area (Å²) in [5.74, 6) is 5.53. The number of nitrogen functional groups attached to an aromatic ring is 1. The van der Waals surface area contributed by atoms with Crippen LogP contribution in [-0.2, 0) is 11.3 Å². The molecule has 0 aliphatic rings. The van der Waals surface area contributed by atoms with Gasteiger partial charge in [-0.1, -0.05) is 15.9 Å². The van der Waals surface area contributed by atoms with Crippen LogP contribution in [0.1, 0.15) is 5.69 Å². The van der Waals surface area contributed by atoms with Crippen LogP contribution in [-0.4, -0.2) is 12.1 Å². The number of pyridine rings is 1. The van der Waals surface area contributed by atoms with Gasteiger partial charge < -0.3 is 10.2 Å². The molecule has 4 nitrogen and oxygen atoms in total. The highest BCUT2D eigenvalue weighted by atomic mass is 79.9. The van der Waals surface area contributed by atoms with Crippen molar-refractivity contribution in [3.63, 3.8) is 0 Å². The molecule has 0 unspecified atom stereocenters. The standard InChI is InChI=1S/C11H11Br2N3O/c1-17-5-7-4-10(16-14)8-2-6(12)3-9(13)11(8)15-7/h2-4H,5,14H2,1H3,(H,15,16). The van der Waals surface area contributed by atoms with Gasteiger partial charge in [-0.2, -0.15) is 0 Å². The maximum absolute atomic E-state index is 5.53. The van der Waals surface area contributed by atoms with Crippen molar-refractivity contribution in [2.45, 2.75) is 6.61 Å². The van der Waals surface area contributed by atoms with E-state index in [-0.39, 0.29) is 0 Å². The van der Waals surface area contributed by atoms with E-state index in [9.17, 15) is 0 Å². The average Bonchev–Trinajstić information content (AvgIpc) is 2.29. The number of nitrogens with two attached hydrogens (primary N) is 1. The maximum atomic E-state index is 5.53. The first-order valence-corrected chi connectivity index (χ1v) is 6.48. The normalized spacial score (nSPS) is 10.8. The van der Waals surface area contributed by atoms with Crippen molar-refractivity contribution in [3.05, 3.63) is 32.8 Å². The number of nitrogens with one attached hydrogen (secondary N) is 1. The highest BCUT2D eigenvalue weighted by Crippen LogP contribution is 2.32. The molecule has 0 fully saturated rings. The summed E-state index contributed by atoms with van der Waals surface area (Å²) in [7, 11) is 1.64. The lowest BCUT2D eigenvalue weighted by molar-refractivity contribution is 0.182. The van der Waals surface area contributed by atoms with E-state index >= 15 is 0 Å². The number of aromatic nitrogens is 1. The van der Waals surface area contributed by atoms with Crippen molar-refractivity contribution < 1.29 is 4.74 Å². The summed E-state index contributed by atoms with van der Waals surface area (Å²) < 4.78 is 6.96. The second-order valence-corrected chi connectivity index (χ2v) is 5.29. The fraction of sp³-hybridized carbons (Fsp3) is 0.182. The SMILES string of the molecule is COCc1cc(NN)c2cc(Br)cc(Br)c2n1.